The van der Waals surface area contributed by atoms with Crippen LogP contribution in [0.1, 0.15) is 77.6 Å². The van der Waals surface area contributed by atoms with Gasteiger partial charge in [0.15, 0.2) is 0 Å². The van der Waals surface area contributed by atoms with Crippen LogP contribution in [0, 0.1) is 0 Å². The minimum atomic E-state index is 0.855. The van der Waals surface area contributed by atoms with Gasteiger partial charge < -0.3 is 10.6 Å². The van der Waals surface area contributed by atoms with Crippen LogP contribution in [0.5, 0.6) is 0 Å². The van der Waals surface area contributed by atoms with Gasteiger partial charge in [-0.1, -0.05) is 45.4 Å². The molecule has 18 heavy (non-hydrogen) atoms. The lowest BCUT2D eigenvalue weighted by Crippen LogP contribution is -2.30. The summed E-state index contributed by atoms with van der Waals surface area (Å²) in [6.45, 7) is 5.82. The minimum absolute atomic E-state index is 0.855. The molecular weight excluding hydrogens is 220 g/mol. The van der Waals surface area contributed by atoms with Gasteiger partial charge in [0.25, 0.3) is 0 Å². The van der Waals surface area contributed by atoms with Gasteiger partial charge in [-0.25, -0.2) is 0 Å². The summed E-state index contributed by atoms with van der Waals surface area (Å²) in [6, 6.07) is 0.855. The van der Waals surface area contributed by atoms with Gasteiger partial charge in [0.2, 0.25) is 0 Å². The van der Waals surface area contributed by atoms with Crippen molar-refractivity contribution in [3.8, 4) is 0 Å². The van der Waals surface area contributed by atoms with Crippen LogP contribution in [0.2, 0.25) is 0 Å². The van der Waals surface area contributed by atoms with Crippen LogP contribution < -0.4 is 5.73 Å². The van der Waals surface area contributed by atoms with Gasteiger partial charge >= 0.3 is 0 Å². The SMILES string of the molecule is CCCCCCCCCN1CCCC1CCCN. The predicted molar refractivity (Wildman–Crippen MR) is 80.9 cm³/mol. The lowest BCUT2D eigenvalue weighted by molar-refractivity contribution is 0.235. The Morgan fingerprint density at radius 2 is 1.72 bits per heavy atom. The molecule has 2 nitrogen and oxygen atoms in total. The smallest absolute Gasteiger partial charge is 0.00962 e. The summed E-state index contributed by atoms with van der Waals surface area (Å²) in [6.07, 6.45) is 15.3. The van der Waals surface area contributed by atoms with Crippen molar-refractivity contribution >= 4 is 0 Å². The molecule has 1 rings (SSSR count). The van der Waals surface area contributed by atoms with Crippen molar-refractivity contribution in [2.75, 3.05) is 19.6 Å². The fraction of sp³-hybridized carbons (Fsp3) is 1.00. The van der Waals surface area contributed by atoms with E-state index in [-0.39, 0.29) is 0 Å². The van der Waals surface area contributed by atoms with Gasteiger partial charge in [-0.05, 0) is 51.7 Å². The Balaban J connectivity index is 1.97. The van der Waals surface area contributed by atoms with Crippen molar-refractivity contribution in [2.24, 2.45) is 5.73 Å². The van der Waals surface area contributed by atoms with Crippen molar-refractivity contribution < 1.29 is 0 Å². The Bertz CT molecular complexity index is 182. The van der Waals surface area contributed by atoms with Crippen LogP contribution in [0.3, 0.4) is 0 Å². The highest BCUT2D eigenvalue weighted by Crippen LogP contribution is 2.21. The highest BCUT2D eigenvalue weighted by atomic mass is 15.2. The van der Waals surface area contributed by atoms with Crippen LogP contribution in [0.25, 0.3) is 0 Å². The monoisotopic (exact) mass is 254 g/mol. The molecule has 1 heterocycles. The van der Waals surface area contributed by atoms with Gasteiger partial charge in [-0.3, -0.25) is 0 Å². The highest BCUT2D eigenvalue weighted by molar-refractivity contribution is 4.78. The predicted octanol–water partition coefficient (Wildman–Crippen LogP) is 3.94. The number of nitrogens with zero attached hydrogens (tertiary/aromatic N) is 1. The second kappa shape index (κ2) is 10.8. The Kier molecular flexibility index (Phi) is 9.59. The average molecular weight is 254 g/mol. The maximum atomic E-state index is 5.61. The Labute approximate surface area is 114 Å². The zero-order chi connectivity index (χ0) is 13.1. The minimum Gasteiger partial charge on any atom is -0.330 e. The van der Waals surface area contributed by atoms with E-state index in [1.807, 2.05) is 0 Å². The maximum absolute atomic E-state index is 5.61. The fourth-order valence-electron chi connectivity index (χ4n) is 3.14. The van der Waals surface area contributed by atoms with E-state index in [9.17, 15) is 0 Å². The van der Waals surface area contributed by atoms with Crippen LogP contribution in [-0.2, 0) is 0 Å². The normalized spacial score (nSPS) is 20.7. The average Bonchev–Trinajstić information content (AvgIpc) is 2.83. The molecule has 1 unspecified atom stereocenters. The zero-order valence-corrected chi connectivity index (χ0v) is 12.5. The second-order valence-corrected chi connectivity index (χ2v) is 5.88. The Morgan fingerprint density at radius 3 is 2.44 bits per heavy atom. The summed E-state index contributed by atoms with van der Waals surface area (Å²) in [5.74, 6) is 0. The zero-order valence-electron chi connectivity index (χ0n) is 12.5. The van der Waals surface area contributed by atoms with E-state index in [0.717, 1.165) is 12.6 Å². The van der Waals surface area contributed by atoms with E-state index < -0.39 is 0 Å². The van der Waals surface area contributed by atoms with Gasteiger partial charge in [0, 0.05) is 6.04 Å². The maximum Gasteiger partial charge on any atom is 0.00962 e. The lowest BCUT2D eigenvalue weighted by Gasteiger charge is -2.24. The van der Waals surface area contributed by atoms with Crippen molar-refractivity contribution in [1.29, 1.82) is 0 Å². The molecular formula is C16H34N2. The third-order valence-electron chi connectivity index (χ3n) is 4.29. The molecule has 0 amide bonds. The summed E-state index contributed by atoms with van der Waals surface area (Å²) < 4.78 is 0. The molecule has 1 atom stereocenters. The topological polar surface area (TPSA) is 29.3 Å². The van der Waals surface area contributed by atoms with Crippen molar-refractivity contribution in [2.45, 2.75) is 83.6 Å². The lowest BCUT2D eigenvalue weighted by atomic mass is 10.1. The molecule has 0 spiro atoms. The van der Waals surface area contributed by atoms with E-state index in [4.69, 9.17) is 5.73 Å². The molecule has 1 aliphatic heterocycles. The highest BCUT2D eigenvalue weighted by Gasteiger charge is 2.22. The van der Waals surface area contributed by atoms with E-state index in [0.29, 0.717) is 0 Å². The quantitative estimate of drug-likeness (QED) is 0.566. The van der Waals surface area contributed by atoms with Crippen molar-refractivity contribution in [3.05, 3.63) is 0 Å². The molecule has 0 aromatic carbocycles. The molecule has 1 fully saturated rings. The van der Waals surface area contributed by atoms with Crippen LogP contribution in [-0.4, -0.2) is 30.6 Å². The van der Waals surface area contributed by atoms with Crippen molar-refractivity contribution in [1.82, 2.24) is 4.90 Å². The van der Waals surface area contributed by atoms with Crippen molar-refractivity contribution in [3.63, 3.8) is 0 Å². The van der Waals surface area contributed by atoms with E-state index in [2.05, 4.69) is 11.8 Å². The van der Waals surface area contributed by atoms with Gasteiger partial charge in [0.1, 0.15) is 0 Å². The first-order valence-electron chi connectivity index (χ1n) is 8.32. The molecule has 0 saturated carbocycles. The number of likely N-dealkylation sites (tertiary alicyclic amines) is 1. The third-order valence-corrected chi connectivity index (χ3v) is 4.29. The van der Waals surface area contributed by atoms with Gasteiger partial charge in [0.05, 0.1) is 0 Å². The first kappa shape index (κ1) is 16.0. The van der Waals surface area contributed by atoms with E-state index in [1.165, 1.54) is 83.7 Å². The molecule has 2 heteroatoms. The molecule has 1 saturated heterocycles. The number of hydrogen-bond acceptors (Lipinski definition) is 2. The largest absolute Gasteiger partial charge is 0.330 e. The van der Waals surface area contributed by atoms with E-state index >= 15 is 0 Å². The summed E-state index contributed by atoms with van der Waals surface area (Å²) >= 11 is 0. The van der Waals surface area contributed by atoms with Gasteiger partial charge in [-0.2, -0.15) is 0 Å². The molecule has 0 bridgehead atoms. The second-order valence-electron chi connectivity index (χ2n) is 5.88. The number of nitrogens with two attached hydrogens (primary N) is 1. The Morgan fingerprint density at radius 1 is 1.00 bits per heavy atom. The standard InChI is InChI=1S/C16H34N2/c1-2-3-4-5-6-7-8-14-18-15-10-12-16(18)11-9-13-17/h16H,2-15,17H2,1H3. The molecule has 0 aliphatic carbocycles. The summed E-state index contributed by atoms with van der Waals surface area (Å²) in [5.41, 5.74) is 5.61. The van der Waals surface area contributed by atoms with Crippen LogP contribution in [0.15, 0.2) is 0 Å². The molecule has 2 N–H and O–H groups in total. The number of unbranched alkanes of at least 4 members (excludes halogenated alkanes) is 6. The summed E-state index contributed by atoms with van der Waals surface area (Å²) in [5, 5.41) is 0. The first-order chi connectivity index (χ1) is 8.88. The first-order valence-corrected chi connectivity index (χ1v) is 8.32. The molecule has 0 radical (unpaired) electrons. The molecule has 1 aliphatic rings. The number of rotatable bonds is 11. The summed E-state index contributed by atoms with van der Waals surface area (Å²) in [7, 11) is 0. The van der Waals surface area contributed by atoms with Crippen LogP contribution in [0.4, 0.5) is 0 Å². The third kappa shape index (κ3) is 6.75. The molecule has 0 aromatic rings. The van der Waals surface area contributed by atoms with Crippen LogP contribution >= 0.6 is 0 Å². The molecule has 108 valence electrons. The van der Waals surface area contributed by atoms with Gasteiger partial charge in [-0.15, -0.1) is 0 Å². The molecule has 0 aromatic heterocycles. The Hall–Kier alpha value is -0.0800. The number of hydrogen-bond donors (Lipinski definition) is 1. The van der Waals surface area contributed by atoms with E-state index in [1.54, 1.807) is 0 Å². The summed E-state index contributed by atoms with van der Waals surface area (Å²) in [4.78, 5) is 2.72. The fourth-order valence-corrected chi connectivity index (χ4v) is 3.14.